The van der Waals surface area contributed by atoms with Gasteiger partial charge in [-0.25, -0.2) is 9.18 Å². The minimum absolute atomic E-state index is 0.0399. The molecule has 0 saturated carbocycles. The number of benzene rings is 1. The summed E-state index contributed by atoms with van der Waals surface area (Å²) in [5.41, 5.74) is 0.0504. The minimum Gasteiger partial charge on any atom is -0.492 e. The smallest absolute Gasteiger partial charge is 0.339 e. The van der Waals surface area contributed by atoms with Crippen LogP contribution in [0.4, 0.5) is 4.39 Å². The average Bonchev–Trinajstić information content (AvgIpc) is 2.39. The second-order valence-corrected chi connectivity index (χ2v) is 4.11. The van der Waals surface area contributed by atoms with E-state index < -0.39 is 17.9 Å². The van der Waals surface area contributed by atoms with Gasteiger partial charge in [0.15, 0.2) is 23.4 Å². The molecule has 0 aliphatic rings. The van der Waals surface area contributed by atoms with Crippen molar-refractivity contribution in [2.75, 3.05) is 21.3 Å². The van der Waals surface area contributed by atoms with Crippen molar-refractivity contribution in [3.63, 3.8) is 0 Å². The highest BCUT2D eigenvalue weighted by Crippen LogP contribution is 2.41. The van der Waals surface area contributed by atoms with E-state index in [0.29, 0.717) is 0 Å². The van der Waals surface area contributed by atoms with Crippen LogP contribution in [0.1, 0.15) is 11.7 Å². The molecule has 1 aromatic carbocycles. The summed E-state index contributed by atoms with van der Waals surface area (Å²) < 4.78 is 28.0. The first-order valence-electron chi connectivity index (χ1n) is 4.83. The van der Waals surface area contributed by atoms with Gasteiger partial charge in [-0.1, -0.05) is 0 Å². The van der Waals surface area contributed by atoms with Crippen molar-refractivity contribution in [1.29, 1.82) is 0 Å². The molecule has 0 bridgehead atoms. The quantitative estimate of drug-likeness (QED) is 0.856. The molecule has 0 amide bonds. The second kappa shape index (κ2) is 6.01. The summed E-state index contributed by atoms with van der Waals surface area (Å²) in [4.78, 5) is 11.3. The Kier molecular flexibility index (Phi) is 4.92. The Morgan fingerprint density at radius 3 is 2.33 bits per heavy atom. The molecule has 1 N–H and O–H groups in total. The predicted molar refractivity (Wildman–Crippen MR) is 64.2 cm³/mol. The third-order valence-corrected chi connectivity index (χ3v) is 2.86. The highest BCUT2D eigenvalue weighted by Gasteiger charge is 2.27. The van der Waals surface area contributed by atoms with Crippen LogP contribution in [-0.2, 0) is 9.53 Å². The number of methoxy groups -OCH3 is 3. The topological polar surface area (TPSA) is 65.0 Å². The standard InChI is InChI=1S/C11H12BrFO5/c1-16-9-5(8(14)11(15)18-3)4-6(12)7(13)10(9)17-2/h4,8,14H,1-3H3. The van der Waals surface area contributed by atoms with Crippen LogP contribution in [0.25, 0.3) is 0 Å². The van der Waals surface area contributed by atoms with Crippen molar-refractivity contribution >= 4 is 21.9 Å². The van der Waals surface area contributed by atoms with Crippen LogP contribution in [0.2, 0.25) is 0 Å². The molecule has 5 nitrogen and oxygen atoms in total. The molecule has 1 rings (SSSR count). The fourth-order valence-electron chi connectivity index (χ4n) is 1.44. The highest BCUT2D eigenvalue weighted by atomic mass is 79.9. The van der Waals surface area contributed by atoms with Crippen molar-refractivity contribution in [3.05, 3.63) is 21.9 Å². The highest BCUT2D eigenvalue weighted by molar-refractivity contribution is 9.10. The lowest BCUT2D eigenvalue weighted by Gasteiger charge is -2.17. The second-order valence-electron chi connectivity index (χ2n) is 3.25. The number of hydrogen-bond acceptors (Lipinski definition) is 5. The van der Waals surface area contributed by atoms with E-state index in [0.717, 1.165) is 7.11 Å². The first kappa shape index (κ1) is 14.7. The van der Waals surface area contributed by atoms with Gasteiger partial charge in [-0.3, -0.25) is 0 Å². The third-order valence-electron chi connectivity index (χ3n) is 2.29. The number of halogens is 2. The molecule has 18 heavy (non-hydrogen) atoms. The number of carbonyl (C=O) groups is 1. The van der Waals surface area contributed by atoms with Gasteiger partial charge in [0, 0.05) is 5.56 Å². The Balaban J connectivity index is 3.44. The van der Waals surface area contributed by atoms with Gasteiger partial charge < -0.3 is 19.3 Å². The van der Waals surface area contributed by atoms with Gasteiger partial charge in [-0.05, 0) is 22.0 Å². The molecular weight excluding hydrogens is 311 g/mol. The lowest BCUT2D eigenvalue weighted by molar-refractivity contribution is -0.150. The molecule has 0 aromatic heterocycles. The fraction of sp³-hybridized carbons (Fsp3) is 0.364. The van der Waals surface area contributed by atoms with Crippen LogP contribution in [0, 0.1) is 5.82 Å². The monoisotopic (exact) mass is 322 g/mol. The number of aliphatic hydroxyl groups excluding tert-OH is 1. The number of hydrogen-bond donors (Lipinski definition) is 1. The molecule has 100 valence electrons. The van der Waals surface area contributed by atoms with Crippen molar-refractivity contribution in [3.8, 4) is 11.5 Å². The Morgan fingerprint density at radius 1 is 1.33 bits per heavy atom. The van der Waals surface area contributed by atoms with Gasteiger partial charge >= 0.3 is 5.97 Å². The first-order valence-corrected chi connectivity index (χ1v) is 5.63. The van der Waals surface area contributed by atoms with Crippen LogP contribution in [0.3, 0.4) is 0 Å². The minimum atomic E-state index is -1.59. The summed E-state index contributed by atoms with van der Waals surface area (Å²) in [6.45, 7) is 0. The molecule has 0 fully saturated rings. The Morgan fingerprint density at radius 2 is 1.89 bits per heavy atom. The maximum Gasteiger partial charge on any atom is 0.339 e. The molecule has 0 spiro atoms. The van der Waals surface area contributed by atoms with E-state index in [-0.39, 0.29) is 21.5 Å². The molecule has 1 unspecified atom stereocenters. The number of carbonyl (C=O) groups excluding carboxylic acids is 1. The van der Waals surface area contributed by atoms with Gasteiger partial charge in [0.05, 0.1) is 25.8 Å². The summed E-state index contributed by atoms with van der Waals surface area (Å²) in [6.07, 6.45) is -1.59. The van der Waals surface area contributed by atoms with Crippen LogP contribution >= 0.6 is 15.9 Å². The molecule has 0 radical (unpaired) electrons. The van der Waals surface area contributed by atoms with Gasteiger partial charge in [0.1, 0.15) is 0 Å². The maximum atomic E-state index is 13.7. The van der Waals surface area contributed by atoms with E-state index in [9.17, 15) is 14.3 Å². The molecule has 1 atom stereocenters. The van der Waals surface area contributed by atoms with E-state index in [1.54, 1.807) is 0 Å². The summed E-state index contributed by atoms with van der Waals surface area (Å²) in [5, 5.41) is 9.78. The fourth-order valence-corrected chi connectivity index (χ4v) is 1.87. The van der Waals surface area contributed by atoms with Crippen molar-refractivity contribution in [2.24, 2.45) is 0 Å². The molecule has 7 heteroatoms. The zero-order chi connectivity index (χ0) is 13.9. The molecule has 0 aliphatic carbocycles. The van der Waals surface area contributed by atoms with Gasteiger partial charge in [0.25, 0.3) is 0 Å². The third kappa shape index (κ3) is 2.56. The maximum absolute atomic E-state index is 13.7. The number of esters is 1. The number of rotatable bonds is 4. The SMILES string of the molecule is COC(=O)C(O)c1cc(Br)c(F)c(OC)c1OC. The summed E-state index contributed by atoms with van der Waals surface area (Å²) in [7, 11) is 3.66. The summed E-state index contributed by atoms with van der Waals surface area (Å²) in [6, 6.07) is 1.23. The van der Waals surface area contributed by atoms with Crippen LogP contribution in [-0.4, -0.2) is 32.4 Å². The zero-order valence-corrected chi connectivity index (χ0v) is 11.6. The normalized spacial score (nSPS) is 11.9. The molecule has 0 saturated heterocycles. The predicted octanol–water partition coefficient (Wildman–Crippen LogP) is 1.81. The van der Waals surface area contributed by atoms with Crippen LogP contribution in [0.5, 0.6) is 11.5 Å². The zero-order valence-electron chi connectivity index (χ0n) is 9.99. The lowest BCUT2D eigenvalue weighted by Crippen LogP contribution is -2.15. The van der Waals surface area contributed by atoms with Crippen LogP contribution < -0.4 is 9.47 Å². The Labute approximate surface area is 112 Å². The van der Waals surface area contributed by atoms with Gasteiger partial charge in [-0.15, -0.1) is 0 Å². The van der Waals surface area contributed by atoms with E-state index in [4.69, 9.17) is 9.47 Å². The molecule has 0 heterocycles. The van der Waals surface area contributed by atoms with E-state index in [1.807, 2.05) is 0 Å². The largest absolute Gasteiger partial charge is 0.492 e. The van der Waals surface area contributed by atoms with E-state index in [2.05, 4.69) is 20.7 Å². The molecule has 0 aliphatic heterocycles. The number of aliphatic hydroxyl groups is 1. The average molecular weight is 323 g/mol. The van der Waals surface area contributed by atoms with Crippen molar-refractivity contribution < 1.29 is 28.5 Å². The van der Waals surface area contributed by atoms with E-state index in [1.165, 1.54) is 20.3 Å². The van der Waals surface area contributed by atoms with Gasteiger partial charge in [0.2, 0.25) is 0 Å². The first-order chi connectivity index (χ1) is 8.47. The Hall–Kier alpha value is -1.34. The van der Waals surface area contributed by atoms with E-state index >= 15 is 0 Å². The molecular formula is C11H12BrFO5. The van der Waals surface area contributed by atoms with Crippen molar-refractivity contribution in [1.82, 2.24) is 0 Å². The summed E-state index contributed by atoms with van der Waals surface area (Å²) in [5.74, 6) is -1.83. The number of ether oxygens (including phenoxy) is 3. The van der Waals surface area contributed by atoms with Gasteiger partial charge in [-0.2, -0.15) is 0 Å². The summed E-state index contributed by atoms with van der Waals surface area (Å²) >= 11 is 2.97. The Bertz CT molecular complexity index is 463. The van der Waals surface area contributed by atoms with Crippen molar-refractivity contribution in [2.45, 2.75) is 6.10 Å². The lowest BCUT2D eigenvalue weighted by atomic mass is 10.1. The molecule has 1 aromatic rings. The van der Waals surface area contributed by atoms with Crippen LogP contribution in [0.15, 0.2) is 10.5 Å².